The van der Waals surface area contributed by atoms with E-state index in [2.05, 4.69) is 66.0 Å². The highest BCUT2D eigenvalue weighted by atomic mass is 35.5. The number of aryl methyl sites for hydroxylation is 1. The number of aliphatic hydroxyl groups is 1. The molecule has 214 valence electrons. The fourth-order valence-corrected chi connectivity index (χ4v) is 7.49. The molecule has 2 atom stereocenters. The van der Waals surface area contributed by atoms with Crippen molar-refractivity contribution >= 4 is 47.0 Å². The van der Waals surface area contributed by atoms with Crippen molar-refractivity contribution in [1.82, 2.24) is 0 Å². The molecule has 0 amide bonds. The smallest absolute Gasteiger partial charge is 0.130 e. The summed E-state index contributed by atoms with van der Waals surface area (Å²) in [7, 11) is 0. The lowest BCUT2D eigenvalue weighted by molar-refractivity contribution is -0.117. The number of halogens is 1. The molecule has 0 radical (unpaired) electrons. The van der Waals surface area contributed by atoms with Gasteiger partial charge in [-0.3, -0.25) is 0 Å². The number of carbonyl (C=O) groups excluding carboxylic acids is 1. The number of thioether (sulfide) groups is 1. The summed E-state index contributed by atoms with van der Waals surface area (Å²) in [6, 6.07) is 23.1. The van der Waals surface area contributed by atoms with E-state index in [1.54, 1.807) is 6.92 Å². The Labute approximate surface area is 254 Å². The van der Waals surface area contributed by atoms with Gasteiger partial charge in [0.1, 0.15) is 5.78 Å². The van der Waals surface area contributed by atoms with Crippen LogP contribution < -0.4 is 5.32 Å². The number of Topliss-reactive ketones (excluding diaryl/α,β-unsaturated/α-hetero) is 1. The third kappa shape index (κ3) is 7.94. The van der Waals surface area contributed by atoms with Gasteiger partial charge in [0.15, 0.2) is 0 Å². The normalized spacial score (nSPS) is 18.1. The lowest BCUT2D eigenvalue weighted by Gasteiger charge is -2.24. The quantitative estimate of drug-likeness (QED) is 0.222. The molecular formula is C36H40ClNO2S. The maximum atomic E-state index is 11.9. The van der Waals surface area contributed by atoms with Crippen LogP contribution >= 0.6 is 23.4 Å². The maximum absolute atomic E-state index is 11.9. The number of anilines is 1. The van der Waals surface area contributed by atoms with E-state index in [4.69, 9.17) is 11.6 Å². The monoisotopic (exact) mass is 585 g/mol. The van der Waals surface area contributed by atoms with Gasteiger partial charge in [-0.15, -0.1) is 0 Å². The average molecular weight is 586 g/mol. The topological polar surface area (TPSA) is 49.3 Å². The minimum atomic E-state index is -0.878. The lowest BCUT2D eigenvalue weighted by atomic mass is 9.90. The van der Waals surface area contributed by atoms with Crippen molar-refractivity contribution in [1.29, 1.82) is 0 Å². The number of nitrogens with one attached hydrogen (secondary N) is 1. The number of carbonyl (C=O) groups is 1. The summed E-state index contributed by atoms with van der Waals surface area (Å²) >= 11 is 8.20. The summed E-state index contributed by atoms with van der Waals surface area (Å²) in [6.07, 6.45) is 13.5. The van der Waals surface area contributed by atoms with Gasteiger partial charge in [0.2, 0.25) is 0 Å². The van der Waals surface area contributed by atoms with E-state index in [-0.39, 0.29) is 11.5 Å². The van der Waals surface area contributed by atoms with Crippen LogP contribution in [0.5, 0.6) is 0 Å². The average Bonchev–Trinajstić information content (AvgIpc) is 3.70. The van der Waals surface area contributed by atoms with Crippen molar-refractivity contribution in [3.8, 4) is 0 Å². The molecule has 3 nitrogen and oxygen atoms in total. The fraction of sp³-hybridized carbons (Fsp3) is 0.361. The number of rotatable bonds is 12. The fourth-order valence-electron chi connectivity index (χ4n) is 5.75. The number of benzene rings is 3. The summed E-state index contributed by atoms with van der Waals surface area (Å²) < 4.78 is 0. The van der Waals surface area contributed by atoms with E-state index in [1.807, 2.05) is 55.9 Å². The van der Waals surface area contributed by atoms with Crippen LogP contribution in [0.1, 0.15) is 79.5 Å². The van der Waals surface area contributed by atoms with Crippen LogP contribution in [0.25, 0.3) is 12.2 Å². The van der Waals surface area contributed by atoms with Crippen LogP contribution in [0.2, 0.25) is 5.02 Å². The second-order valence-electron chi connectivity index (χ2n) is 12.2. The molecule has 1 fully saturated rings. The van der Waals surface area contributed by atoms with E-state index in [1.165, 1.54) is 16.7 Å². The van der Waals surface area contributed by atoms with E-state index in [9.17, 15) is 9.90 Å². The van der Waals surface area contributed by atoms with Gasteiger partial charge in [0.05, 0.1) is 11.6 Å². The molecule has 2 unspecified atom stereocenters. The molecule has 3 aromatic rings. The van der Waals surface area contributed by atoms with E-state index in [0.29, 0.717) is 17.5 Å². The van der Waals surface area contributed by atoms with Gasteiger partial charge >= 0.3 is 0 Å². The zero-order valence-electron chi connectivity index (χ0n) is 24.2. The first-order valence-electron chi connectivity index (χ1n) is 14.5. The molecule has 0 aromatic heterocycles. The zero-order valence-corrected chi connectivity index (χ0v) is 25.8. The number of hydrogen-bond donors (Lipinski definition) is 2. The minimum Gasteiger partial charge on any atom is -0.386 e. The molecule has 5 heteroatoms. The summed E-state index contributed by atoms with van der Waals surface area (Å²) in [4.78, 5) is 11.9. The van der Waals surface area contributed by atoms with Crippen LogP contribution in [-0.4, -0.2) is 22.7 Å². The molecule has 2 N–H and O–H groups in total. The van der Waals surface area contributed by atoms with Gasteiger partial charge in [0.25, 0.3) is 0 Å². The SMILES string of the molecule is CC(=O)CC1(CSC(CCc2ccccc2C(C)(C)O)c2cccc(C=CC3C=Cc4ccc(Cl)cc4N3)c2)CC1. The van der Waals surface area contributed by atoms with Crippen LogP contribution in [-0.2, 0) is 16.8 Å². The molecule has 1 aliphatic carbocycles. The molecule has 5 rings (SSSR count). The van der Waals surface area contributed by atoms with Crippen molar-refractivity contribution in [2.45, 2.75) is 69.8 Å². The standard InChI is InChI=1S/C36H40ClNO2S/c1-25(39)23-36(19-20-36)24-41-34(18-14-27-8-4-5-10-32(27)35(2,3)40)29-9-6-7-26(21-29)11-16-31-17-13-28-12-15-30(37)22-33(28)38-31/h4-13,15-17,21-22,31,34,38,40H,14,18-20,23-24H2,1-3H3. The summed E-state index contributed by atoms with van der Waals surface area (Å²) in [5, 5.41) is 15.3. The molecule has 1 saturated carbocycles. The summed E-state index contributed by atoms with van der Waals surface area (Å²) in [5.41, 5.74) is 6.15. The largest absolute Gasteiger partial charge is 0.386 e. The number of hydrogen-bond acceptors (Lipinski definition) is 4. The summed E-state index contributed by atoms with van der Waals surface area (Å²) in [5.74, 6) is 1.30. The molecule has 1 aliphatic heterocycles. The second kappa shape index (κ2) is 12.6. The van der Waals surface area contributed by atoms with Gasteiger partial charge in [-0.2, -0.15) is 11.8 Å². The lowest BCUT2D eigenvalue weighted by Crippen LogP contribution is -2.18. The Bertz CT molecular complexity index is 1450. The Morgan fingerprint density at radius 2 is 1.95 bits per heavy atom. The van der Waals surface area contributed by atoms with Crippen molar-refractivity contribution < 1.29 is 9.90 Å². The molecule has 3 aromatic carbocycles. The first-order valence-corrected chi connectivity index (χ1v) is 16.0. The molecule has 0 bridgehead atoms. The first-order chi connectivity index (χ1) is 19.6. The zero-order chi connectivity index (χ0) is 29.0. The van der Waals surface area contributed by atoms with Crippen LogP contribution in [0, 0.1) is 5.41 Å². The van der Waals surface area contributed by atoms with E-state index >= 15 is 0 Å². The second-order valence-corrected chi connectivity index (χ2v) is 13.9. The van der Waals surface area contributed by atoms with Crippen LogP contribution in [0.4, 0.5) is 5.69 Å². The molecule has 0 spiro atoms. The van der Waals surface area contributed by atoms with Crippen LogP contribution in [0.15, 0.2) is 78.9 Å². The predicted octanol–water partition coefficient (Wildman–Crippen LogP) is 9.25. The Balaban J connectivity index is 1.33. The third-order valence-corrected chi connectivity index (χ3v) is 10.0. The van der Waals surface area contributed by atoms with E-state index in [0.717, 1.165) is 53.3 Å². The maximum Gasteiger partial charge on any atom is 0.130 e. The molecular weight excluding hydrogens is 546 g/mol. The van der Waals surface area contributed by atoms with Gasteiger partial charge in [0, 0.05) is 22.4 Å². The minimum absolute atomic E-state index is 0.0921. The van der Waals surface area contributed by atoms with Crippen LogP contribution in [0.3, 0.4) is 0 Å². The van der Waals surface area contributed by atoms with E-state index < -0.39 is 5.60 Å². The number of ketones is 1. The predicted molar refractivity (Wildman–Crippen MR) is 176 cm³/mol. The molecule has 1 heterocycles. The molecule has 0 saturated heterocycles. The molecule has 41 heavy (non-hydrogen) atoms. The number of fused-ring (bicyclic) bond motifs is 1. The Morgan fingerprint density at radius 3 is 2.71 bits per heavy atom. The summed E-state index contributed by atoms with van der Waals surface area (Å²) in [6.45, 7) is 5.43. The highest BCUT2D eigenvalue weighted by Crippen LogP contribution is 2.53. The highest BCUT2D eigenvalue weighted by molar-refractivity contribution is 7.99. The highest BCUT2D eigenvalue weighted by Gasteiger charge is 2.43. The van der Waals surface area contributed by atoms with Crippen molar-refractivity contribution in [2.24, 2.45) is 5.41 Å². The molecule has 2 aliphatic rings. The van der Waals surface area contributed by atoms with Gasteiger partial charge in [-0.25, -0.2) is 0 Å². The van der Waals surface area contributed by atoms with Gasteiger partial charge < -0.3 is 15.2 Å². The van der Waals surface area contributed by atoms with Crippen molar-refractivity contribution in [2.75, 3.05) is 11.1 Å². The van der Waals surface area contributed by atoms with Gasteiger partial charge in [-0.05, 0) is 97.6 Å². The van der Waals surface area contributed by atoms with Crippen molar-refractivity contribution in [3.05, 3.63) is 112 Å². The Hall–Kier alpha value is -2.79. The third-order valence-electron chi connectivity index (χ3n) is 8.12. The first kappa shape index (κ1) is 29.7. The Kier molecular flexibility index (Phi) is 9.13. The van der Waals surface area contributed by atoms with Crippen molar-refractivity contribution in [3.63, 3.8) is 0 Å². The Morgan fingerprint density at radius 1 is 1.15 bits per heavy atom. The van der Waals surface area contributed by atoms with Gasteiger partial charge in [-0.1, -0.05) is 90.5 Å².